The molecule has 0 fully saturated rings. The molecule has 0 N–H and O–H groups in total. The van der Waals surface area contributed by atoms with Crippen molar-refractivity contribution in [3.63, 3.8) is 0 Å². The Hall–Kier alpha value is -1.09. The molecule has 0 aliphatic carbocycles. The van der Waals surface area contributed by atoms with E-state index >= 15 is 0 Å². The van der Waals surface area contributed by atoms with Gasteiger partial charge in [-0.1, -0.05) is 6.07 Å². The van der Waals surface area contributed by atoms with E-state index in [2.05, 4.69) is 0 Å². The average Bonchev–Trinajstić information content (AvgIpc) is 2.21. The quantitative estimate of drug-likeness (QED) is 0.727. The minimum atomic E-state index is -0.425. The number of alkyl halides is 1. The van der Waals surface area contributed by atoms with Crippen LogP contribution in [0.4, 0.5) is 4.39 Å². The molecule has 15 heavy (non-hydrogen) atoms. The van der Waals surface area contributed by atoms with E-state index in [0.717, 1.165) is 5.56 Å². The zero-order valence-corrected chi connectivity index (χ0v) is 9.18. The molecule has 0 bridgehead atoms. The normalized spacial score (nSPS) is 10.1. The van der Waals surface area contributed by atoms with Gasteiger partial charge in [0.05, 0.1) is 7.11 Å². The summed E-state index contributed by atoms with van der Waals surface area (Å²) in [5.74, 6) is 0.0906. The third kappa shape index (κ3) is 3.51. The van der Waals surface area contributed by atoms with E-state index < -0.39 is 5.82 Å². The van der Waals surface area contributed by atoms with E-state index in [9.17, 15) is 9.18 Å². The molecule has 0 saturated heterocycles. The summed E-state index contributed by atoms with van der Waals surface area (Å²) in [7, 11) is 1.39. The third-order valence-electron chi connectivity index (χ3n) is 1.99. The fourth-order valence-corrected chi connectivity index (χ4v) is 1.45. The largest absolute Gasteiger partial charge is 0.494 e. The van der Waals surface area contributed by atoms with Crippen molar-refractivity contribution in [1.29, 1.82) is 0 Å². The van der Waals surface area contributed by atoms with Gasteiger partial charge in [-0.2, -0.15) is 0 Å². The van der Waals surface area contributed by atoms with Crippen molar-refractivity contribution < 1.29 is 13.9 Å². The van der Waals surface area contributed by atoms with E-state index in [1.807, 2.05) is 0 Å². The summed E-state index contributed by atoms with van der Waals surface area (Å²) >= 11 is 5.44. The van der Waals surface area contributed by atoms with Gasteiger partial charge >= 0.3 is 0 Å². The first-order chi connectivity index (χ1) is 7.17. The summed E-state index contributed by atoms with van der Waals surface area (Å²) in [6.07, 6.45) is 0.602. The van der Waals surface area contributed by atoms with Crippen molar-refractivity contribution in [2.75, 3.05) is 13.0 Å². The Balaban J connectivity index is 2.74. The maximum absolute atomic E-state index is 13.0. The van der Waals surface area contributed by atoms with Gasteiger partial charge in [0.25, 0.3) is 0 Å². The summed E-state index contributed by atoms with van der Waals surface area (Å²) in [4.78, 5) is 11.3. The smallest absolute Gasteiger partial charge is 0.165 e. The van der Waals surface area contributed by atoms with Gasteiger partial charge < -0.3 is 4.74 Å². The van der Waals surface area contributed by atoms with Crippen LogP contribution in [0.25, 0.3) is 0 Å². The fraction of sp³-hybridized carbons (Fsp3) is 0.364. The van der Waals surface area contributed by atoms with E-state index in [0.29, 0.717) is 12.3 Å². The highest BCUT2D eigenvalue weighted by Gasteiger charge is 2.07. The highest BCUT2D eigenvalue weighted by Crippen LogP contribution is 2.18. The Morgan fingerprint density at radius 3 is 2.87 bits per heavy atom. The Bertz CT molecular complexity index is 352. The van der Waals surface area contributed by atoms with Crippen molar-refractivity contribution in [3.05, 3.63) is 29.6 Å². The van der Waals surface area contributed by atoms with Crippen LogP contribution >= 0.6 is 11.6 Å². The second-order valence-corrected chi connectivity index (χ2v) is 3.50. The van der Waals surface area contributed by atoms with Gasteiger partial charge in [-0.3, -0.25) is 4.79 Å². The van der Waals surface area contributed by atoms with Crippen molar-refractivity contribution in [2.45, 2.75) is 12.8 Å². The number of hydrogen-bond acceptors (Lipinski definition) is 2. The molecule has 0 radical (unpaired) electrons. The summed E-state index contributed by atoms with van der Waals surface area (Å²) in [6, 6.07) is 4.40. The molecule has 0 aliphatic heterocycles. The van der Waals surface area contributed by atoms with E-state index in [1.54, 1.807) is 6.07 Å². The van der Waals surface area contributed by atoms with Crippen LogP contribution in [0.15, 0.2) is 18.2 Å². The second kappa shape index (κ2) is 5.71. The zero-order chi connectivity index (χ0) is 11.3. The molecule has 0 unspecified atom stereocenters. The zero-order valence-electron chi connectivity index (χ0n) is 8.43. The first kappa shape index (κ1) is 12.0. The average molecular weight is 231 g/mol. The molecule has 0 amide bonds. The summed E-state index contributed by atoms with van der Waals surface area (Å²) in [5, 5.41) is 0. The van der Waals surface area contributed by atoms with Crippen LogP contribution in [0, 0.1) is 5.82 Å². The van der Waals surface area contributed by atoms with Crippen LogP contribution in [0.1, 0.15) is 12.0 Å². The lowest BCUT2D eigenvalue weighted by Crippen LogP contribution is -2.03. The molecule has 82 valence electrons. The maximum atomic E-state index is 13.0. The third-order valence-corrected chi connectivity index (χ3v) is 2.18. The van der Waals surface area contributed by atoms with Gasteiger partial charge in [0.2, 0.25) is 0 Å². The van der Waals surface area contributed by atoms with Crippen molar-refractivity contribution in [3.8, 4) is 5.75 Å². The van der Waals surface area contributed by atoms with Crippen LogP contribution in [0.3, 0.4) is 0 Å². The summed E-state index contributed by atoms with van der Waals surface area (Å²) < 4.78 is 17.8. The molecule has 0 saturated carbocycles. The minimum Gasteiger partial charge on any atom is -0.494 e. The molecular formula is C11H12ClFO2. The Labute approximate surface area is 93.0 Å². The Morgan fingerprint density at radius 1 is 1.53 bits per heavy atom. The van der Waals surface area contributed by atoms with E-state index in [1.165, 1.54) is 19.2 Å². The van der Waals surface area contributed by atoms with Gasteiger partial charge in [0, 0.05) is 18.7 Å². The van der Waals surface area contributed by atoms with Gasteiger partial charge in [-0.25, -0.2) is 4.39 Å². The summed E-state index contributed by atoms with van der Waals surface area (Å²) in [5.41, 5.74) is 0.739. The number of halogens is 2. The maximum Gasteiger partial charge on any atom is 0.165 e. The first-order valence-electron chi connectivity index (χ1n) is 4.57. The number of ether oxygens (including phenoxy) is 1. The standard InChI is InChI=1S/C11H12ClFO2/c1-15-11-7-8(2-3-10(11)13)6-9(14)4-5-12/h2-3,7H,4-6H2,1H3. The van der Waals surface area contributed by atoms with Crippen LogP contribution < -0.4 is 4.74 Å². The van der Waals surface area contributed by atoms with Gasteiger partial charge in [-0.15, -0.1) is 11.6 Å². The van der Waals surface area contributed by atoms with Crippen LogP contribution in [-0.4, -0.2) is 18.8 Å². The molecule has 1 aromatic carbocycles. The molecule has 0 aliphatic rings. The molecule has 1 rings (SSSR count). The number of carbonyl (C=O) groups excluding carboxylic acids is 1. The number of ketones is 1. The molecule has 4 heteroatoms. The number of carbonyl (C=O) groups is 1. The molecule has 0 atom stereocenters. The number of benzene rings is 1. The highest BCUT2D eigenvalue weighted by atomic mass is 35.5. The number of Topliss-reactive ketones (excluding diaryl/α,β-unsaturated/α-hetero) is 1. The molecule has 2 nitrogen and oxygen atoms in total. The lowest BCUT2D eigenvalue weighted by molar-refractivity contribution is -0.118. The monoisotopic (exact) mass is 230 g/mol. The van der Waals surface area contributed by atoms with E-state index in [4.69, 9.17) is 16.3 Å². The van der Waals surface area contributed by atoms with Crippen LogP contribution in [-0.2, 0) is 11.2 Å². The lowest BCUT2D eigenvalue weighted by atomic mass is 10.1. The van der Waals surface area contributed by atoms with Crippen molar-refractivity contribution >= 4 is 17.4 Å². The first-order valence-corrected chi connectivity index (χ1v) is 5.11. The topological polar surface area (TPSA) is 26.3 Å². The van der Waals surface area contributed by atoms with Gasteiger partial charge in [0.15, 0.2) is 11.6 Å². The molecular weight excluding hydrogens is 219 g/mol. The van der Waals surface area contributed by atoms with Gasteiger partial charge in [0.1, 0.15) is 5.78 Å². The predicted octanol–water partition coefficient (Wildman–Crippen LogP) is 2.57. The summed E-state index contributed by atoms with van der Waals surface area (Å²) in [6.45, 7) is 0. The minimum absolute atomic E-state index is 0.0404. The SMILES string of the molecule is COc1cc(CC(=O)CCCl)ccc1F. The van der Waals surface area contributed by atoms with E-state index in [-0.39, 0.29) is 18.0 Å². The second-order valence-electron chi connectivity index (χ2n) is 3.12. The highest BCUT2D eigenvalue weighted by molar-refractivity contribution is 6.19. The number of hydrogen-bond donors (Lipinski definition) is 0. The number of methoxy groups -OCH3 is 1. The molecule has 0 aromatic heterocycles. The Kier molecular flexibility index (Phi) is 4.56. The molecule has 1 aromatic rings. The fourth-order valence-electron chi connectivity index (χ4n) is 1.24. The van der Waals surface area contributed by atoms with Gasteiger partial charge in [-0.05, 0) is 17.7 Å². The van der Waals surface area contributed by atoms with Crippen molar-refractivity contribution in [2.24, 2.45) is 0 Å². The van der Waals surface area contributed by atoms with Crippen molar-refractivity contribution in [1.82, 2.24) is 0 Å². The molecule has 0 spiro atoms. The lowest BCUT2D eigenvalue weighted by Gasteiger charge is -2.04. The Morgan fingerprint density at radius 2 is 2.27 bits per heavy atom. The number of rotatable bonds is 5. The predicted molar refractivity (Wildman–Crippen MR) is 57.0 cm³/mol. The van der Waals surface area contributed by atoms with Crippen LogP contribution in [0.5, 0.6) is 5.75 Å². The molecule has 0 heterocycles. The van der Waals surface area contributed by atoms with Crippen LogP contribution in [0.2, 0.25) is 0 Å².